The lowest BCUT2D eigenvalue weighted by Crippen LogP contribution is -2.42. The third-order valence-electron chi connectivity index (χ3n) is 3.73. The zero-order chi connectivity index (χ0) is 16.8. The number of piperidine rings is 1. The van der Waals surface area contributed by atoms with Crippen molar-refractivity contribution in [3.63, 3.8) is 0 Å². The van der Waals surface area contributed by atoms with Crippen molar-refractivity contribution in [3.05, 3.63) is 28.2 Å². The van der Waals surface area contributed by atoms with E-state index in [1.165, 1.54) is 0 Å². The van der Waals surface area contributed by atoms with Crippen LogP contribution in [0.2, 0.25) is 10.0 Å². The highest BCUT2D eigenvalue weighted by Gasteiger charge is 2.28. The van der Waals surface area contributed by atoms with Crippen LogP contribution in [-0.4, -0.2) is 43.1 Å². The minimum Gasteiger partial charge on any atom is -0.482 e. The molecule has 1 aromatic carbocycles. The molecule has 0 bridgehead atoms. The summed E-state index contributed by atoms with van der Waals surface area (Å²) < 4.78 is 10.5. The van der Waals surface area contributed by atoms with Crippen molar-refractivity contribution in [2.24, 2.45) is 5.92 Å². The molecule has 5 nitrogen and oxygen atoms in total. The average Bonchev–Trinajstić information content (AvgIpc) is 2.56. The summed E-state index contributed by atoms with van der Waals surface area (Å²) in [5, 5.41) is 0.676. The Morgan fingerprint density at radius 3 is 2.61 bits per heavy atom. The highest BCUT2D eigenvalue weighted by Crippen LogP contribution is 2.31. The quantitative estimate of drug-likeness (QED) is 0.757. The van der Waals surface area contributed by atoms with E-state index in [4.69, 9.17) is 32.7 Å². The van der Waals surface area contributed by atoms with Crippen molar-refractivity contribution in [1.82, 2.24) is 4.90 Å². The van der Waals surface area contributed by atoms with E-state index in [-0.39, 0.29) is 24.4 Å². The van der Waals surface area contributed by atoms with Crippen LogP contribution in [0.25, 0.3) is 0 Å². The fourth-order valence-electron chi connectivity index (χ4n) is 2.45. The van der Waals surface area contributed by atoms with Gasteiger partial charge in [0, 0.05) is 13.1 Å². The molecule has 1 aliphatic heterocycles. The Hall–Kier alpha value is -1.46. The van der Waals surface area contributed by atoms with Crippen molar-refractivity contribution in [2.45, 2.75) is 19.8 Å². The number of carbonyl (C=O) groups excluding carboxylic acids is 2. The average molecular weight is 360 g/mol. The van der Waals surface area contributed by atoms with E-state index in [2.05, 4.69) is 0 Å². The fourth-order valence-corrected chi connectivity index (χ4v) is 2.80. The monoisotopic (exact) mass is 359 g/mol. The second-order valence-corrected chi connectivity index (χ2v) is 6.03. The van der Waals surface area contributed by atoms with Crippen molar-refractivity contribution in [3.8, 4) is 5.75 Å². The number of nitrogens with zero attached hydrogens (tertiary/aromatic N) is 1. The maximum Gasteiger partial charge on any atom is 0.309 e. The van der Waals surface area contributed by atoms with Crippen LogP contribution in [0, 0.1) is 5.92 Å². The summed E-state index contributed by atoms with van der Waals surface area (Å²) in [6, 6.07) is 5.02. The molecule has 0 N–H and O–H groups in total. The summed E-state index contributed by atoms with van der Waals surface area (Å²) in [4.78, 5) is 25.5. The molecule has 0 radical (unpaired) electrons. The Morgan fingerprint density at radius 1 is 1.26 bits per heavy atom. The number of rotatable bonds is 5. The van der Waals surface area contributed by atoms with Crippen molar-refractivity contribution >= 4 is 35.1 Å². The van der Waals surface area contributed by atoms with E-state index < -0.39 is 0 Å². The lowest BCUT2D eigenvalue weighted by molar-refractivity contribution is -0.151. The van der Waals surface area contributed by atoms with Gasteiger partial charge in [-0.2, -0.15) is 0 Å². The van der Waals surface area contributed by atoms with Crippen LogP contribution in [-0.2, 0) is 14.3 Å². The van der Waals surface area contributed by atoms with Gasteiger partial charge in [-0.15, -0.1) is 0 Å². The number of carbonyl (C=O) groups is 2. The fraction of sp³-hybridized carbons (Fsp3) is 0.500. The number of benzene rings is 1. The van der Waals surface area contributed by atoms with Gasteiger partial charge in [-0.25, -0.2) is 0 Å². The molecule has 1 aliphatic rings. The van der Waals surface area contributed by atoms with Gasteiger partial charge in [-0.3, -0.25) is 9.59 Å². The third-order valence-corrected chi connectivity index (χ3v) is 4.54. The smallest absolute Gasteiger partial charge is 0.309 e. The molecule has 1 fully saturated rings. The molecule has 1 saturated heterocycles. The van der Waals surface area contributed by atoms with Gasteiger partial charge in [-0.1, -0.05) is 29.3 Å². The van der Waals surface area contributed by atoms with Crippen LogP contribution in [0.4, 0.5) is 0 Å². The Labute approximate surface area is 145 Å². The van der Waals surface area contributed by atoms with E-state index in [0.29, 0.717) is 48.3 Å². The van der Waals surface area contributed by atoms with Gasteiger partial charge in [0.25, 0.3) is 5.91 Å². The molecule has 0 spiro atoms. The molecule has 0 atom stereocenters. The van der Waals surface area contributed by atoms with Gasteiger partial charge in [-0.05, 0) is 31.9 Å². The SMILES string of the molecule is CCOC(=O)C1CCN(C(=O)COc2cccc(Cl)c2Cl)CC1. The number of hydrogen-bond acceptors (Lipinski definition) is 4. The number of esters is 1. The van der Waals surface area contributed by atoms with Crippen LogP contribution in [0.3, 0.4) is 0 Å². The topological polar surface area (TPSA) is 55.8 Å². The van der Waals surface area contributed by atoms with Crippen LogP contribution in [0.1, 0.15) is 19.8 Å². The van der Waals surface area contributed by atoms with Gasteiger partial charge < -0.3 is 14.4 Å². The second-order valence-electron chi connectivity index (χ2n) is 5.25. The zero-order valence-electron chi connectivity index (χ0n) is 12.9. The summed E-state index contributed by atoms with van der Waals surface area (Å²) in [7, 11) is 0. The van der Waals surface area contributed by atoms with Crippen LogP contribution >= 0.6 is 23.2 Å². The molecule has 0 aliphatic carbocycles. The van der Waals surface area contributed by atoms with E-state index in [9.17, 15) is 9.59 Å². The molecule has 23 heavy (non-hydrogen) atoms. The maximum atomic E-state index is 12.2. The van der Waals surface area contributed by atoms with Gasteiger partial charge in [0.2, 0.25) is 0 Å². The normalized spacial score (nSPS) is 15.3. The van der Waals surface area contributed by atoms with Crippen LogP contribution < -0.4 is 4.74 Å². The highest BCUT2D eigenvalue weighted by molar-refractivity contribution is 6.42. The van der Waals surface area contributed by atoms with E-state index in [0.717, 1.165) is 0 Å². The standard InChI is InChI=1S/C16H19Cl2NO4/c1-2-22-16(21)11-6-8-19(9-7-11)14(20)10-23-13-5-3-4-12(17)15(13)18/h3-5,11H,2,6-10H2,1H3. The minimum absolute atomic E-state index is 0.107. The number of ether oxygens (including phenoxy) is 2. The Balaban J connectivity index is 1.81. The molecule has 1 heterocycles. The molecule has 2 rings (SSSR count). The molecule has 1 amide bonds. The second kappa shape index (κ2) is 8.41. The summed E-state index contributed by atoms with van der Waals surface area (Å²) in [6.45, 7) is 3.11. The van der Waals surface area contributed by atoms with Gasteiger partial charge in [0.1, 0.15) is 10.8 Å². The summed E-state index contributed by atoms with van der Waals surface area (Å²) in [5.41, 5.74) is 0. The highest BCUT2D eigenvalue weighted by atomic mass is 35.5. The first kappa shape index (κ1) is 17.9. The van der Waals surface area contributed by atoms with E-state index >= 15 is 0 Å². The molecule has 0 saturated carbocycles. The molecule has 0 unspecified atom stereocenters. The Kier molecular flexibility index (Phi) is 6.54. The predicted molar refractivity (Wildman–Crippen MR) is 87.9 cm³/mol. The first-order chi connectivity index (χ1) is 11.0. The van der Waals surface area contributed by atoms with Crippen molar-refractivity contribution in [1.29, 1.82) is 0 Å². The summed E-state index contributed by atoms with van der Waals surface area (Å²) in [6.07, 6.45) is 1.23. The number of halogens is 2. The molecule has 7 heteroatoms. The number of amides is 1. The molecule has 0 aromatic heterocycles. The van der Waals surface area contributed by atoms with Crippen molar-refractivity contribution < 1.29 is 19.1 Å². The lowest BCUT2D eigenvalue weighted by atomic mass is 9.97. The first-order valence-electron chi connectivity index (χ1n) is 7.54. The van der Waals surface area contributed by atoms with Gasteiger partial charge in [0.15, 0.2) is 6.61 Å². The Bertz CT molecular complexity index is 571. The van der Waals surface area contributed by atoms with Gasteiger partial charge >= 0.3 is 5.97 Å². The third kappa shape index (κ3) is 4.75. The molecular weight excluding hydrogens is 341 g/mol. The minimum atomic E-state index is -0.179. The van der Waals surface area contributed by atoms with Crippen LogP contribution in [0.15, 0.2) is 18.2 Å². The molecule has 126 valence electrons. The zero-order valence-corrected chi connectivity index (χ0v) is 14.4. The van der Waals surface area contributed by atoms with Crippen LogP contribution in [0.5, 0.6) is 5.75 Å². The van der Waals surface area contributed by atoms with E-state index in [1.54, 1.807) is 30.0 Å². The summed E-state index contributed by atoms with van der Waals surface area (Å²) in [5.74, 6) is -0.0545. The number of hydrogen-bond donors (Lipinski definition) is 0. The van der Waals surface area contributed by atoms with Gasteiger partial charge in [0.05, 0.1) is 17.5 Å². The summed E-state index contributed by atoms with van der Waals surface area (Å²) >= 11 is 11.9. The lowest BCUT2D eigenvalue weighted by Gasteiger charge is -2.30. The number of likely N-dealkylation sites (tertiary alicyclic amines) is 1. The van der Waals surface area contributed by atoms with E-state index in [1.807, 2.05) is 0 Å². The Morgan fingerprint density at radius 2 is 1.96 bits per heavy atom. The predicted octanol–water partition coefficient (Wildman–Crippen LogP) is 3.17. The maximum absolute atomic E-state index is 12.2. The molecular formula is C16H19Cl2NO4. The largest absolute Gasteiger partial charge is 0.482 e. The molecule has 1 aromatic rings. The first-order valence-corrected chi connectivity index (χ1v) is 8.29. The van der Waals surface area contributed by atoms with Crippen molar-refractivity contribution in [2.75, 3.05) is 26.3 Å².